The number of aromatic nitrogens is 2. The highest BCUT2D eigenvalue weighted by molar-refractivity contribution is 9.10. The first-order valence-electron chi connectivity index (χ1n) is 7.18. The summed E-state index contributed by atoms with van der Waals surface area (Å²) in [6.07, 6.45) is 0.868. The summed E-state index contributed by atoms with van der Waals surface area (Å²) in [4.78, 5) is 4.85. The summed E-state index contributed by atoms with van der Waals surface area (Å²) in [5.74, 6) is 1.02. The minimum absolute atomic E-state index is 0.648. The summed E-state index contributed by atoms with van der Waals surface area (Å²) in [5, 5.41) is 0. The lowest BCUT2D eigenvalue weighted by molar-refractivity contribution is 0.794. The molecule has 4 heteroatoms. The van der Waals surface area contributed by atoms with Crippen molar-refractivity contribution in [3.63, 3.8) is 0 Å². The topological polar surface area (TPSA) is 43.8 Å². The van der Waals surface area contributed by atoms with E-state index in [1.165, 1.54) is 16.6 Å². The monoisotopic (exact) mass is 343 g/mol. The Morgan fingerprint density at radius 1 is 1.19 bits per heavy atom. The minimum Gasteiger partial charge on any atom is -0.330 e. The van der Waals surface area contributed by atoms with Crippen molar-refractivity contribution in [2.75, 3.05) is 6.54 Å². The second-order valence-electron chi connectivity index (χ2n) is 5.01. The van der Waals surface area contributed by atoms with Crippen LogP contribution in [0, 0.1) is 0 Å². The molecule has 3 rings (SSSR count). The van der Waals surface area contributed by atoms with Crippen LogP contribution in [0.3, 0.4) is 0 Å². The molecule has 3 aromatic rings. The number of imidazole rings is 1. The maximum absolute atomic E-state index is 5.74. The zero-order valence-corrected chi connectivity index (χ0v) is 13.6. The normalized spacial score (nSPS) is 11.2. The van der Waals surface area contributed by atoms with Crippen molar-refractivity contribution < 1.29 is 0 Å². The molecule has 0 bridgehead atoms. The Balaban J connectivity index is 2.25. The molecule has 3 nitrogen and oxygen atoms in total. The molecular weight excluding hydrogens is 326 g/mol. The fourth-order valence-corrected chi connectivity index (χ4v) is 3.09. The van der Waals surface area contributed by atoms with E-state index in [1.807, 2.05) is 0 Å². The van der Waals surface area contributed by atoms with Crippen LogP contribution in [0.1, 0.15) is 12.5 Å². The number of rotatable bonds is 4. The van der Waals surface area contributed by atoms with Gasteiger partial charge >= 0.3 is 0 Å². The quantitative estimate of drug-likeness (QED) is 0.778. The van der Waals surface area contributed by atoms with Crippen LogP contribution in [0.15, 0.2) is 46.9 Å². The van der Waals surface area contributed by atoms with Gasteiger partial charge in [-0.1, -0.05) is 40.2 Å². The lowest BCUT2D eigenvalue weighted by Crippen LogP contribution is -2.05. The van der Waals surface area contributed by atoms with Gasteiger partial charge in [-0.05, 0) is 43.7 Å². The van der Waals surface area contributed by atoms with Gasteiger partial charge in [-0.2, -0.15) is 0 Å². The second kappa shape index (κ2) is 6.00. The van der Waals surface area contributed by atoms with Crippen molar-refractivity contribution in [1.82, 2.24) is 9.55 Å². The van der Waals surface area contributed by atoms with Crippen LogP contribution >= 0.6 is 15.9 Å². The molecule has 2 N–H and O–H groups in total. The first kappa shape index (κ1) is 14.3. The first-order valence-corrected chi connectivity index (χ1v) is 7.98. The Morgan fingerprint density at radius 3 is 2.76 bits per heavy atom. The molecule has 108 valence electrons. The van der Waals surface area contributed by atoms with E-state index in [0.29, 0.717) is 6.54 Å². The molecule has 0 aliphatic heterocycles. The summed E-state index contributed by atoms with van der Waals surface area (Å²) in [7, 11) is 0. The lowest BCUT2D eigenvalue weighted by atomic mass is 10.0. The Kier molecular flexibility index (Phi) is 4.08. The SMILES string of the molecule is CCn1c(-c2ccccc2CCN)nc2cc(Br)ccc21. The molecule has 0 saturated carbocycles. The van der Waals surface area contributed by atoms with Crippen molar-refractivity contribution in [3.05, 3.63) is 52.5 Å². The fourth-order valence-electron chi connectivity index (χ4n) is 2.74. The van der Waals surface area contributed by atoms with E-state index < -0.39 is 0 Å². The van der Waals surface area contributed by atoms with Gasteiger partial charge in [-0.25, -0.2) is 4.98 Å². The Bertz CT molecular complexity index is 777. The number of aryl methyl sites for hydroxylation is 1. The van der Waals surface area contributed by atoms with Crippen LogP contribution in [-0.2, 0) is 13.0 Å². The van der Waals surface area contributed by atoms with Gasteiger partial charge in [-0.15, -0.1) is 0 Å². The number of hydrogen-bond donors (Lipinski definition) is 1. The molecule has 0 aliphatic rings. The van der Waals surface area contributed by atoms with E-state index in [1.54, 1.807) is 0 Å². The summed E-state index contributed by atoms with van der Waals surface area (Å²) in [5.41, 5.74) is 10.4. The Labute approximate surface area is 132 Å². The van der Waals surface area contributed by atoms with Crippen LogP contribution in [0.25, 0.3) is 22.4 Å². The third-order valence-corrected chi connectivity index (χ3v) is 4.19. The average Bonchev–Trinajstić information content (AvgIpc) is 2.85. The minimum atomic E-state index is 0.648. The standard InChI is InChI=1S/C17H18BrN3/c1-2-21-16-8-7-13(18)11-15(16)20-17(21)14-6-4-3-5-12(14)9-10-19/h3-8,11H,2,9-10,19H2,1H3. The smallest absolute Gasteiger partial charge is 0.141 e. The van der Waals surface area contributed by atoms with E-state index in [9.17, 15) is 0 Å². The van der Waals surface area contributed by atoms with Gasteiger partial charge in [0, 0.05) is 16.6 Å². The van der Waals surface area contributed by atoms with Crippen LogP contribution in [-0.4, -0.2) is 16.1 Å². The summed E-state index contributed by atoms with van der Waals surface area (Å²) in [6, 6.07) is 14.6. The molecule has 0 radical (unpaired) electrons. The van der Waals surface area contributed by atoms with E-state index >= 15 is 0 Å². The van der Waals surface area contributed by atoms with Crippen molar-refractivity contribution in [2.24, 2.45) is 5.73 Å². The average molecular weight is 344 g/mol. The number of fused-ring (bicyclic) bond motifs is 1. The molecule has 0 saturated heterocycles. The molecular formula is C17H18BrN3. The van der Waals surface area contributed by atoms with Crippen LogP contribution < -0.4 is 5.73 Å². The molecule has 0 fully saturated rings. The number of nitrogens with zero attached hydrogens (tertiary/aromatic N) is 2. The van der Waals surface area contributed by atoms with Crippen molar-refractivity contribution in [2.45, 2.75) is 19.9 Å². The number of nitrogens with two attached hydrogens (primary N) is 1. The molecule has 21 heavy (non-hydrogen) atoms. The third kappa shape index (κ3) is 2.61. The first-order chi connectivity index (χ1) is 10.2. The van der Waals surface area contributed by atoms with Gasteiger partial charge in [0.15, 0.2) is 0 Å². The van der Waals surface area contributed by atoms with Crippen molar-refractivity contribution in [1.29, 1.82) is 0 Å². The fraction of sp³-hybridized carbons (Fsp3) is 0.235. The number of halogens is 1. The lowest BCUT2D eigenvalue weighted by Gasteiger charge is -2.10. The van der Waals surface area contributed by atoms with Gasteiger partial charge in [0.05, 0.1) is 11.0 Å². The molecule has 0 amide bonds. The molecule has 0 unspecified atom stereocenters. The van der Waals surface area contributed by atoms with Gasteiger partial charge < -0.3 is 10.3 Å². The van der Waals surface area contributed by atoms with Gasteiger partial charge in [-0.3, -0.25) is 0 Å². The molecule has 0 atom stereocenters. The van der Waals surface area contributed by atoms with E-state index in [-0.39, 0.29) is 0 Å². The maximum Gasteiger partial charge on any atom is 0.141 e. The highest BCUT2D eigenvalue weighted by atomic mass is 79.9. The molecule has 1 aromatic heterocycles. The predicted octanol–water partition coefficient (Wildman–Crippen LogP) is 3.99. The number of benzene rings is 2. The van der Waals surface area contributed by atoms with Gasteiger partial charge in [0.1, 0.15) is 5.82 Å². The zero-order valence-electron chi connectivity index (χ0n) is 12.0. The second-order valence-corrected chi connectivity index (χ2v) is 5.92. The predicted molar refractivity (Wildman–Crippen MR) is 91.3 cm³/mol. The van der Waals surface area contributed by atoms with Crippen LogP contribution in [0.2, 0.25) is 0 Å². The summed E-state index contributed by atoms with van der Waals surface area (Å²) in [6.45, 7) is 3.69. The molecule has 0 spiro atoms. The Morgan fingerprint density at radius 2 is 2.00 bits per heavy atom. The zero-order chi connectivity index (χ0) is 14.8. The maximum atomic E-state index is 5.74. The van der Waals surface area contributed by atoms with Gasteiger partial charge in [0.2, 0.25) is 0 Å². The van der Waals surface area contributed by atoms with E-state index in [4.69, 9.17) is 10.7 Å². The van der Waals surface area contributed by atoms with Crippen molar-refractivity contribution >= 4 is 27.0 Å². The van der Waals surface area contributed by atoms with Crippen LogP contribution in [0.4, 0.5) is 0 Å². The van der Waals surface area contributed by atoms with Crippen LogP contribution in [0.5, 0.6) is 0 Å². The Hall–Kier alpha value is -1.65. The van der Waals surface area contributed by atoms with E-state index in [2.05, 4.69) is 69.9 Å². The largest absolute Gasteiger partial charge is 0.330 e. The molecule has 0 aliphatic carbocycles. The van der Waals surface area contributed by atoms with Gasteiger partial charge in [0.25, 0.3) is 0 Å². The summed E-state index contributed by atoms with van der Waals surface area (Å²) >= 11 is 3.52. The molecule has 2 aromatic carbocycles. The van der Waals surface area contributed by atoms with Crippen molar-refractivity contribution in [3.8, 4) is 11.4 Å². The highest BCUT2D eigenvalue weighted by Crippen LogP contribution is 2.29. The van der Waals surface area contributed by atoms with E-state index in [0.717, 1.165) is 28.8 Å². The summed E-state index contributed by atoms with van der Waals surface area (Å²) < 4.78 is 3.31. The highest BCUT2D eigenvalue weighted by Gasteiger charge is 2.14. The number of hydrogen-bond acceptors (Lipinski definition) is 2. The third-order valence-electron chi connectivity index (χ3n) is 3.70. The molecule has 1 heterocycles.